The highest BCUT2D eigenvalue weighted by atomic mass is 19.4. The first-order valence-electron chi connectivity index (χ1n) is 6.92. The van der Waals surface area contributed by atoms with Crippen LogP contribution in [0.2, 0.25) is 0 Å². The minimum absolute atomic E-state index is 0.0754. The van der Waals surface area contributed by atoms with E-state index in [-0.39, 0.29) is 18.0 Å². The Morgan fingerprint density at radius 1 is 1.14 bits per heavy atom. The summed E-state index contributed by atoms with van der Waals surface area (Å²) in [6.07, 6.45) is -4.02. The van der Waals surface area contributed by atoms with E-state index in [1.165, 1.54) is 24.3 Å². The lowest BCUT2D eigenvalue weighted by Crippen LogP contribution is -2.26. The number of ketones is 1. The quantitative estimate of drug-likeness (QED) is 0.737. The fourth-order valence-electron chi connectivity index (χ4n) is 1.95. The lowest BCUT2D eigenvalue weighted by atomic mass is 10.1. The number of hydrogen-bond donors (Lipinski definition) is 0. The molecule has 1 rings (SSSR count). The Labute approximate surface area is 122 Å². The Hall–Kier alpha value is -1.56. The fourth-order valence-corrected chi connectivity index (χ4v) is 1.95. The molecule has 0 saturated carbocycles. The van der Waals surface area contributed by atoms with Gasteiger partial charge in [-0.05, 0) is 30.8 Å². The average molecular weight is 303 g/mol. The first-order valence-corrected chi connectivity index (χ1v) is 6.92. The van der Waals surface area contributed by atoms with E-state index in [1.54, 1.807) is 0 Å². The third kappa shape index (κ3) is 7.13. The molecule has 0 spiro atoms. The third-order valence-corrected chi connectivity index (χ3v) is 3.16. The molecule has 0 aliphatic rings. The van der Waals surface area contributed by atoms with Gasteiger partial charge in [-0.25, -0.2) is 0 Å². The lowest BCUT2D eigenvalue weighted by Gasteiger charge is -2.17. The van der Waals surface area contributed by atoms with E-state index in [1.807, 2.05) is 13.8 Å². The molecular weight excluding hydrogens is 283 g/mol. The van der Waals surface area contributed by atoms with Crippen molar-refractivity contribution in [3.05, 3.63) is 29.8 Å². The topological polar surface area (TPSA) is 29.5 Å². The van der Waals surface area contributed by atoms with Gasteiger partial charge in [-0.2, -0.15) is 0 Å². The number of nitrogens with zero attached hydrogens (tertiary/aromatic N) is 1. The predicted molar refractivity (Wildman–Crippen MR) is 74.2 cm³/mol. The van der Waals surface area contributed by atoms with Crippen LogP contribution in [0.25, 0.3) is 0 Å². The number of benzene rings is 1. The minimum atomic E-state index is -4.69. The van der Waals surface area contributed by atoms with E-state index in [2.05, 4.69) is 9.64 Å². The number of hydrogen-bond acceptors (Lipinski definition) is 3. The van der Waals surface area contributed by atoms with Crippen LogP contribution in [-0.2, 0) is 11.2 Å². The van der Waals surface area contributed by atoms with Crippen molar-refractivity contribution in [2.45, 2.75) is 33.1 Å². The second-order valence-corrected chi connectivity index (χ2v) is 4.68. The molecule has 0 aliphatic carbocycles. The molecule has 118 valence electrons. The summed E-state index contributed by atoms with van der Waals surface area (Å²) in [7, 11) is 0. The van der Waals surface area contributed by atoms with Crippen LogP contribution in [0.4, 0.5) is 13.2 Å². The van der Waals surface area contributed by atoms with Gasteiger partial charge < -0.3 is 9.64 Å². The molecule has 0 atom stereocenters. The Kier molecular flexibility index (Phi) is 6.68. The van der Waals surface area contributed by atoms with E-state index in [9.17, 15) is 18.0 Å². The van der Waals surface area contributed by atoms with Crippen LogP contribution in [-0.4, -0.2) is 36.7 Å². The monoisotopic (exact) mass is 303 g/mol. The van der Waals surface area contributed by atoms with Crippen LogP contribution in [0.3, 0.4) is 0 Å². The molecule has 0 radical (unpaired) electrons. The van der Waals surface area contributed by atoms with E-state index in [0.29, 0.717) is 18.5 Å². The first kappa shape index (κ1) is 17.5. The molecule has 1 aromatic rings. The molecule has 0 amide bonds. The summed E-state index contributed by atoms with van der Waals surface area (Å²) < 4.78 is 39.8. The first-order chi connectivity index (χ1) is 9.84. The van der Waals surface area contributed by atoms with Gasteiger partial charge in [0.05, 0.1) is 0 Å². The van der Waals surface area contributed by atoms with Gasteiger partial charge >= 0.3 is 6.36 Å². The molecule has 21 heavy (non-hydrogen) atoms. The van der Waals surface area contributed by atoms with Crippen molar-refractivity contribution in [3.8, 4) is 5.75 Å². The molecule has 3 nitrogen and oxygen atoms in total. The Morgan fingerprint density at radius 3 is 2.19 bits per heavy atom. The van der Waals surface area contributed by atoms with Crippen molar-refractivity contribution in [1.29, 1.82) is 0 Å². The van der Waals surface area contributed by atoms with Gasteiger partial charge in [-0.1, -0.05) is 26.0 Å². The number of carbonyl (C=O) groups is 1. The molecule has 0 saturated heterocycles. The zero-order valence-electron chi connectivity index (χ0n) is 12.2. The van der Waals surface area contributed by atoms with Gasteiger partial charge in [-0.15, -0.1) is 13.2 Å². The fraction of sp³-hybridized carbons (Fsp3) is 0.533. The van der Waals surface area contributed by atoms with Crippen LogP contribution in [0.15, 0.2) is 24.3 Å². The molecule has 0 aliphatic heterocycles. The van der Waals surface area contributed by atoms with Gasteiger partial charge in [0, 0.05) is 19.4 Å². The van der Waals surface area contributed by atoms with Crippen molar-refractivity contribution in [2.24, 2.45) is 0 Å². The number of rotatable bonds is 8. The molecule has 0 N–H and O–H groups in total. The summed E-state index contributed by atoms with van der Waals surface area (Å²) in [5, 5.41) is 0. The minimum Gasteiger partial charge on any atom is -0.406 e. The molecule has 0 aromatic heterocycles. The van der Waals surface area contributed by atoms with Crippen molar-refractivity contribution in [1.82, 2.24) is 4.90 Å². The summed E-state index contributed by atoms with van der Waals surface area (Å²) in [5.41, 5.74) is 0.689. The Balaban J connectivity index is 2.46. The summed E-state index contributed by atoms with van der Waals surface area (Å²) in [5.74, 6) is -0.201. The molecule has 1 aromatic carbocycles. The van der Waals surface area contributed by atoms with E-state index in [4.69, 9.17) is 0 Å². The maximum atomic E-state index is 12.0. The van der Waals surface area contributed by atoms with Gasteiger partial charge in [0.15, 0.2) is 0 Å². The summed E-state index contributed by atoms with van der Waals surface area (Å²) in [6.45, 7) is 6.57. The molecule has 0 heterocycles. The second kappa shape index (κ2) is 8.02. The van der Waals surface area contributed by atoms with Crippen molar-refractivity contribution >= 4 is 5.78 Å². The smallest absolute Gasteiger partial charge is 0.406 e. The lowest BCUT2D eigenvalue weighted by molar-refractivity contribution is -0.274. The van der Waals surface area contributed by atoms with Crippen molar-refractivity contribution in [3.63, 3.8) is 0 Å². The maximum Gasteiger partial charge on any atom is 0.573 e. The van der Waals surface area contributed by atoms with E-state index < -0.39 is 6.36 Å². The van der Waals surface area contributed by atoms with Gasteiger partial charge in [0.2, 0.25) is 0 Å². The molecule has 0 bridgehead atoms. The van der Waals surface area contributed by atoms with Gasteiger partial charge in [0.1, 0.15) is 11.5 Å². The highest BCUT2D eigenvalue weighted by Gasteiger charge is 2.30. The van der Waals surface area contributed by atoms with Crippen molar-refractivity contribution < 1.29 is 22.7 Å². The maximum absolute atomic E-state index is 12.0. The predicted octanol–water partition coefficient (Wildman–Crippen LogP) is 3.43. The molecule has 0 fully saturated rings. The number of halogens is 3. The van der Waals surface area contributed by atoms with Crippen LogP contribution >= 0.6 is 0 Å². The number of Topliss-reactive ketones (excluding diaryl/α,β-unsaturated/α-hetero) is 1. The van der Waals surface area contributed by atoms with Crippen LogP contribution < -0.4 is 4.74 Å². The third-order valence-electron chi connectivity index (χ3n) is 3.16. The Bertz CT molecular complexity index is 439. The standard InChI is InChI=1S/C15H20F3NO2/c1-3-19(4-2)10-9-13(20)11-12-5-7-14(8-6-12)21-15(16,17)18/h5-8H,3-4,9-11H2,1-2H3. The van der Waals surface area contributed by atoms with E-state index in [0.717, 1.165) is 13.1 Å². The SMILES string of the molecule is CCN(CC)CCC(=O)Cc1ccc(OC(F)(F)F)cc1. The summed E-state index contributed by atoms with van der Waals surface area (Å²) in [4.78, 5) is 14.0. The molecular formula is C15H20F3NO2. The number of alkyl halides is 3. The van der Waals surface area contributed by atoms with Crippen LogP contribution in [0.1, 0.15) is 25.8 Å². The van der Waals surface area contributed by atoms with Crippen LogP contribution in [0, 0.1) is 0 Å². The zero-order valence-corrected chi connectivity index (χ0v) is 12.2. The second-order valence-electron chi connectivity index (χ2n) is 4.68. The molecule has 6 heteroatoms. The van der Waals surface area contributed by atoms with E-state index >= 15 is 0 Å². The summed E-state index contributed by atoms with van der Waals surface area (Å²) >= 11 is 0. The normalized spacial score (nSPS) is 11.7. The van der Waals surface area contributed by atoms with Crippen LogP contribution in [0.5, 0.6) is 5.75 Å². The highest BCUT2D eigenvalue weighted by molar-refractivity contribution is 5.81. The molecule has 0 unspecified atom stereocenters. The van der Waals surface area contributed by atoms with Gasteiger partial charge in [0.25, 0.3) is 0 Å². The highest BCUT2D eigenvalue weighted by Crippen LogP contribution is 2.22. The number of ether oxygens (including phenoxy) is 1. The largest absolute Gasteiger partial charge is 0.573 e. The van der Waals surface area contributed by atoms with Gasteiger partial charge in [-0.3, -0.25) is 4.79 Å². The zero-order chi connectivity index (χ0) is 15.9. The number of carbonyl (C=O) groups excluding carboxylic acids is 1. The summed E-state index contributed by atoms with van der Waals surface area (Å²) in [6, 6.07) is 5.41. The average Bonchev–Trinajstić information content (AvgIpc) is 2.40. The van der Waals surface area contributed by atoms with Crippen molar-refractivity contribution in [2.75, 3.05) is 19.6 Å². The Morgan fingerprint density at radius 2 is 1.71 bits per heavy atom.